The zero-order valence-electron chi connectivity index (χ0n) is 17.0. The Hall–Kier alpha value is -3.41. The van der Waals surface area contributed by atoms with Gasteiger partial charge in [-0.3, -0.25) is 9.52 Å². The number of carbonyl (C=O) groups excluding carboxylic acids is 1. The van der Waals surface area contributed by atoms with E-state index in [2.05, 4.69) is 10.0 Å². The van der Waals surface area contributed by atoms with E-state index in [0.29, 0.717) is 11.4 Å². The summed E-state index contributed by atoms with van der Waals surface area (Å²) in [5, 5.41) is 7.66. The number of sulfonamides is 2. The second kappa shape index (κ2) is 9.39. The van der Waals surface area contributed by atoms with E-state index in [9.17, 15) is 21.6 Å². The summed E-state index contributed by atoms with van der Waals surface area (Å²) in [6.07, 6.45) is 0. The van der Waals surface area contributed by atoms with Gasteiger partial charge in [-0.2, -0.15) is 0 Å². The summed E-state index contributed by atoms with van der Waals surface area (Å²) in [6.45, 7) is 1.68. The molecule has 0 bridgehead atoms. The van der Waals surface area contributed by atoms with Crippen LogP contribution in [0.15, 0.2) is 82.6 Å². The van der Waals surface area contributed by atoms with Crippen molar-refractivity contribution in [1.82, 2.24) is 0 Å². The molecule has 0 spiro atoms. The molecule has 32 heavy (non-hydrogen) atoms. The molecule has 0 radical (unpaired) electrons. The molecule has 3 aromatic carbocycles. The van der Waals surface area contributed by atoms with Gasteiger partial charge in [-0.15, -0.1) is 0 Å². The number of para-hydroxylation sites is 1. The molecule has 0 fully saturated rings. The van der Waals surface area contributed by atoms with E-state index >= 15 is 0 Å². The highest BCUT2D eigenvalue weighted by Crippen LogP contribution is 2.20. The molecule has 0 aromatic heterocycles. The van der Waals surface area contributed by atoms with Crippen LogP contribution in [0.4, 0.5) is 11.4 Å². The Kier molecular flexibility index (Phi) is 6.82. The molecular formula is C21H21N3O6S2. The van der Waals surface area contributed by atoms with Crippen LogP contribution in [-0.4, -0.2) is 29.3 Å². The van der Waals surface area contributed by atoms with Gasteiger partial charge in [0.25, 0.3) is 15.9 Å². The summed E-state index contributed by atoms with van der Waals surface area (Å²) in [6, 6.07) is 17.9. The third-order valence-corrected chi connectivity index (χ3v) is 6.66. The van der Waals surface area contributed by atoms with E-state index in [4.69, 9.17) is 9.88 Å². The van der Waals surface area contributed by atoms with Crippen LogP contribution in [0.5, 0.6) is 5.75 Å². The minimum Gasteiger partial charge on any atom is -0.483 e. The topological polar surface area (TPSA) is 145 Å². The number of hydrogen-bond acceptors (Lipinski definition) is 6. The quantitative estimate of drug-likeness (QED) is 0.456. The minimum atomic E-state index is -3.93. The number of nitrogens with two attached hydrogens (primary N) is 1. The first kappa shape index (κ1) is 23.3. The molecular weight excluding hydrogens is 454 g/mol. The van der Waals surface area contributed by atoms with Gasteiger partial charge in [0, 0.05) is 11.4 Å². The summed E-state index contributed by atoms with van der Waals surface area (Å²) >= 11 is 0. The molecule has 11 heteroatoms. The average molecular weight is 476 g/mol. The minimum absolute atomic E-state index is 0.0396. The number of hydrogen-bond donors (Lipinski definition) is 3. The molecule has 0 aliphatic rings. The van der Waals surface area contributed by atoms with Crippen molar-refractivity contribution in [3.05, 3.63) is 78.4 Å². The molecule has 0 atom stereocenters. The first-order chi connectivity index (χ1) is 15.0. The van der Waals surface area contributed by atoms with Gasteiger partial charge in [0.15, 0.2) is 6.61 Å². The third-order valence-electron chi connectivity index (χ3n) is 4.34. The predicted octanol–water partition coefficient (Wildman–Crippen LogP) is 2.46. The SMILES string of the molecule is Cc1ccccc1OCC(=O)Nc1ccc(S(=O)(=O)Nc2ccc(S(N)(=O)=O)cc2)cc1. The number of ether oxygens (including phenoxy) is 1. The number of anilines is 2. The van der Waals surface area contributed by atoms with Gasteiger partial charge in [-0.05, 0) is 67.1 Å². The Morgan fingerprint density at radius 2 is 1.41 bits per heavy atom. The van der Waals surface area contributed by atoms with Crippen molar-refractivity contribution in [3.63, 3.8) is 0 Å². The van der Waals surface area contributed by atoms with Crippen molar-refractivity contribution in [1.29, 1.82) is 0 Å². The fourth-order valence-electron chi connectivity index (χ4n) is 2.70. The van der Waals surface area contributed by atoms with Gasteiger partial charge in [-0.1, -0.05) is 18.2 Å². The van der Waals surface area contributed by atoms with Crippen LogP contribution in [-0.2, 0) is 24.8 Å². The maximum Gasteiger partial charge on any atom is 0.262 e. The lowest BCUT2D eigenvalue weighted by Crippen LogP contribution is -2.20. The van der Waals surface area contributed by atoms with E-state index < -0.39 is 26.0 Å². The van der Waals surface area contributed by atoms with Crippen LogP contribution in [0.3, 0.4) is 0 Å². The number of primary sulfonamides is 1. The normalized spacial score (nSPS) is 11.6. The highest BCUT2D eigenvalue weighted by atomic mass is 32.2. The largest absolute Gasteiger partial charge is 0.483 e. The van der Waals surface area contributed by atoms with Crippen molar-refractivity contribution >= 4 is 37.3 Å². The monoisotopic (exact) mass is 475 g/mol. The van der Waals surface area contributed by atoms with Crippen LogP contribution >= 0.6 is 0 Å². The molecule has 0 aliphatic heterocycles. The molecule has 0 heterocycles. The lowest BCUT2D eigenvalue weighted by atomic mass is 10.2. The number of rotatable bonds is 8. The van der Waals surface area contributed by atoms with Crippen LogP contribution in [0.1, 0.15) is 5.56 Å². The van der Waals surface area contributed by atoms with Crippen molar-refractivity contribution in [2.45, 2.75) is 16.7 Å². The van der Waals surface area contributed by atoms with Crippen molar-refractivity contribution in [2.75, 3.05) is 16.6 Å². The summed E-state index contributed by atoms with van der Waals surface area (Å²) in [7, 11) is -7.80. The molecule has 1 amide bonds. The molecule has 3 rings (SSSR count). The van der Waals surface area contributed by atoms with Crippen LogP contribution in [0, 0.1) is 6.92 Å². The zero-order chi connectivity index (χ0) is 23.4. The molecule has 4 N–H and O–H groups in total. The molecule has 9 nitrogen and oxygen atoms in total. The van der Waals surface area contributed by atoms with Gasteiger partial charge < -0.3 is 10.1 Å². The molecule has 0 unspecified atom stereocenters. The highest BCUT2D eigenvalue weighted by molar-refractivity contribution is 7.92. The maximum atomic E-state index is 12.5. The number of benzene rings is 3. The Morgan fingerprint density at radius 3 is 2.00 bits per heavy atom. The summed E-state index contributed by atoms with van der Waals surface area (Å²) in [5.74, 6) is 0.212. The van der Waals surface area contributed by atoms with E-state index in [0.717, 1.165) is 5.56 Å². The number of amides is 1. The Bertz CT molecular complexity index is 1320. The molecule has 0 saturated carbocycles. The number of carbonyl (C=O) groups is 1. The molecule has 0 aliphatic carbocycles. The van der Waals surface area contributed by atoms with Gasteiger partial charge in [0.2, 0.25) is 10.0 Å². The molecule has 0 saturated heterocycles. The smallest absolute Gasteiger partial charge is 0.262 e. The lowest BCUT2D eigenvalue weighted by Gasteiger charge is -2.11. The van der Waals surface area contributed by atoms with Gasteiger partial charge in [-0.25, -0.2) is 22.0 Å². The van der Waals surface area contributed by atoms with E-state index in [1.165, 1.54) is 48.5 Å². The first-order valence-corrected chi connectivity index (χ1v) is 12.3. The fraction of sp³-hybridized carbons (Fsp3) is 0.0952. The van der Waals surface area contributed by atoms with Gasteiger partial charge in [0.05, 0.1) is 9.79 Å². The van der Waals surface area contributed by atoms with E-state index in [1.807, 2.05) is 25.1 Å². The molecule has 168 valence electrons. The highest BCUT2D eigenvalue weighted by Gasteiger charge is 2.15. The second-order valence-electron chi connectivity index (χ2n) is 6.80. The van der Waals surface area contributed by atoms with Gasteiger partial charge >= 0.3 is 0 Å². The van der Waals surface area contributed by atoms with Gasteiger partial charge in [0.1, 0.15) is 5.75 Å². The third kappa shape index (κ3) is 6.06. The Labute approximate surface area is 186 Å². The number of aryl methyl sites for hydroxylation is 1. The Morgan fingerprint density at radius 1 is 0.844 bits per heavy atom. The van der Waals surface area contributed by atoms with Crippen LogP contribution < -0.4 is 19.9 Å². The summed E-state index contributed by atoms with van der Waals surface area (Å²) < 4.78 is 55.5. The fourth-order valence-corrected chi connectivity index (χ4v) is 4.28. The van der Waals surface area contributed by atoms with Crippen LogP contribution in [0.2, 0.25) is 0 Å². The number of nitrogens with one attached hydrogen (secondary N) is 2. The van der Waals surface area contributed by atoms with E-state index in [-0.39, 0.29) is 22.1 Å². The summed E-state index contributed by atoms with van der Waals surface area (Å²) in [4.78, 5) is 11.9. The predicted molar refractivity (Wildman–Crippen MR) is 120 cm³/mol. The van der Waals surface area contributed by atoms with Crippen molar-refractivity contribution in [2.24, 2.45) is 5.14 Å². The first-order valence-electron chi connectivity index (χ1n) is 9.29. The van der Waals surface area contributed by atoms with Crippen LogP contribution in [0.25, 0.3) is 0 Å². The maximum absolute atomic E-state index is 12.5. The molecule has 3 aromatic rings. The van der Waals surface area contributed by atoms with Crippen molar-refractivity contribution < 1.29 is 26.4 Å². The standard InChI is InChI=1S/C21H21N3O6S2/c1-15-4-2-3-5-20(15)30-14-21(25)23-16-6-12-19(13-7-16)32(28,29)24-17-8-10-18(11-9-17)31(22,26)27/h2-13,24H,14H2,1H3,(H,23,25)(H2,22,26,27). The summed E-state index contributed by atoms with van der Waals surface area (Å²) in [5.41, 5.74) is 1.48. The van der Waals surface area contributed by atoms with Crippen molar-refractivity contribution in [3.8, 4) is 5.75 Å². The van der Waals surface area contributed by atoms with E-state index in [1.54, 1.807) is 6.07 Å². The second-order valence-corrected chi connectivity index (χ2v) is 10.0. The average Bonchev–Trinajstić information content (AvgIpc) is 2.73. The zero-order valence-corrected chi connectivity index (χ0v) is 18.6. The Balaban J connectivity index is 1.61. The lowest BCUT2D eigenvalue weighted by molar-refractivity contribution is -0.118.